The highest BCUT2D eigenvalue weighted by atomic mass is 35.5. The summed E-state index contributed by atoms with van der Waals surface area (Å²) in [6, 6.07) is 15.7. The van der Waals surface area contributed by atoms with E-state index in [0.717, 1.165) is 55.5 Å². The van der Waals surface area contributed by atoms with Crippen LogP contribution in [-0.4, -0.2) is 108 Å². The number of amides is 5. The Balaban J connectivity index is 0.817. The first-order valence-corrected chi connectivity index (χ1v) is 19.3. The number of piperazine rings is 1. The van der Waals surface area contributed by atoms with Crippen molar-refractivity contribution in [2.24, 2.45) is 10.8 Å². The molecular weight excluding hydrogens is 736 g/mol. The predicted octanol–water partition coefficient (Wildman–Crippen LogP) is 3.63. The van der Waals surface area contributed by atoms with E-state index in [2.05, 4.69) is 64.1 Å². The number of nitriles is 1. The maximum Gasteiger partial charge on any atom is 0.280 e. The number of aromatic nitrogens is 1. The largest absolute Gasteiger partial charge is 0.489 e. The number of nitrogens with zero attached hydrogens (tertiary/aromatic N) is 6. The average Bonchev–Trinajstić information content (AvgIpc) is 3.40. The van der Waals surface area contributed by atoms with E-state index in [0.29, 0.717) is 27.9 Å². The minimum Gasteiger partial charge on any atom is -0.489 e. The molecule has 1 unspecified atom stereocenters. The van der Waals surface area contributed by atoms with Crippen LogP contribution in [0, 0.1) is 22.2 Å². The third-order valence-corrected chi connectivity index (χ3v) is 12.6. The van der Waals surface area contributed by atoms with E-state index >= 15 is 0 Å². The Labute approximate surface area is 329 Å². The van der Waals surface area contributed by atoms with Gasteiger partial charge in [0.25, 0.3) is 17.7 Å². The first kappa shape index (κ1) is 37.4. The molecule has 3 aromatic rings. The molecule has 2 N–H and O–H groups in total. The summed E-state index contributed by atoms with van der Waals surface area (Å²) in [5, 5.41) is 15.0. The fraction of sp³-hybridized carbons (Fsp3) is 0.439. The van der Waals surface area contributed by atoms with Crippen LogP contribution >= 0.6 is 11.6 Å². The van der Waals surface area contributed by atoms with Crippen LogP contribution in [0.3, 0.4) is 0 Å². The van der Waals surface area contributed by atoms with Crippen molar-refractivity contribution in [1.82, 2.24) is 25.4 Å². The lowest BCUT2D eigenvalue weighted by Gasteiger charge is -2.63. The van der Waals surface area contributed by atoms with Gasteiger partial charge < -0.3 is 19.9 Å². The zero-order valence-electron chi connectivity index (χ0n) is 31.7. The van der Waals surface area contributed by atoms with E-state index in [4.69, 9.17) is 16.3 Å². The Morgan fingerprint density at radius 1 is 0.929 bits per heavy atom. The van der Waals surface area contributed by atoms with Crippen molar-refractivity contribution in [3.05, 3.63) is 82.1 Å². The number of benzene rings is 2. The van der Waals surface area contributed by atoms with Crippen molar-refractivity contribution in [3.8, 4) is 11.8 Å². The Hall–Kier alpha value is -5.52. The number of imide groups is 2. The maximum atomic E-state index is 13.5. The molecule has 1 aliphatic carbocycles. The quantitative estimate of drug-likeness (QED) is 0.321. The summed E-state index contributed by atoms with van der Waals surface area (Å²) < 4.78 is 6.37. The number of rotatable bonds is 8. The molecule has 2 aromatic carbocycles. The van der Waals surface area contributed by atoms with E-state index in [1.165, 1.54) is 0 Å². The molecule has 1 aromatic heterocycles. The summed E-state index contributed by atoms with van der Waals surface area (Å²) in [7, 11) is 0. The lowest BCUT2D eigenvalue weighted by molar-refractivity contribution is -0.164. The van der Waals surface area contributed by atoms with Gasteiger partial charge in [0, 0.05) is 85.9 Å². The van der Waals surface area contributed by atoms with Crippen LogP contribution in [0.5, 0.6) is 5.75 Å². The summed E-state index contributed by atoms with van der Waals surface area (Å²) in [6.45, 7) is 13.3. The summed E-state index contributed by atoms with van der Waals surface area (Å²) >= 11 is 6.24. The molecule has 0 spiro atoms. The van der Waals surface area contributed by atoms with Crippen LogP contribution in [0.2, 0.25) is 5.02 Å². The molecule has 4 fully saturated rings. The van der Waals surface area contributed by atoms with Gasteiger partial charge in [-0.3, -0.25) is 39.1 Å². The predicted molar refractivity (Wildman–Crippen MR) is 207 cm³/mol. The molecule has 4 aliphatic heterocycles. The van der Waals surface area contributed by atoms with Crippen LogP contribution in [0.4, 0.5) is 11.4 Å². The smallest absolute Gasteiger partial charge is 0.280 e. The van der Waals surface area contributed by atoms with Gasteiger partial charge in [0.1, 0.15) is 29.7 Å². The molecule has 0 radical (unpaired) electrons. The monoisotopic (exact) mass is 778 g/mol. The third-order valence-electron chi connectivity index (χ3n) is 12.2. The third kappa shape index (κ3) is 6.32. The molecule has 3 saturated heterocycles. The normalized spacial score (nSPS) is 24.5. The molecule has 1 atom stereocenters. The standard InChI is InChI=1S/C41H43ClN8O6/c1-40(2)38(41(3,4)39(40)56-28-10-7-24(19-43)30(42)18-28)46-34(52)23-5-8-25(9-6-23)47-13-15-48(16-14-47)27-21-49(22-27)26-17-29-33(44-20-26)37(55)50(36(29)54)31-11-12-32(51)45-35(31)53/h5-10,17-18,20,27,31,38-39H,11-16,21-22H2,1-4H3,(H,46,52)(H,45,51,53). The number of carbonyl (C=O) groups excluding carboxylic acids is 5. The molecule has 5 heterocycles. The number of ether oxygens (including phenoxy) is 1. The van der Waals surface area contributed by atoms with Crippen LogP contribution in [-0.2, 0) is 9.59 Å². The van der Waals surface area contributed by atoms with E-state index in [1.54, 1.807) is 30.5 Å². The van der Waals surface area contributed by atoms with Crippen molar-refractivity contribution in [3.63, 3.8) is 0 Å². The van der Waals surface area contributed by atoms with Crippen LogP contribution in [0.1, 0.15) is 77.3 Å². The Kier molecular flexibility index (Phi) is 9.28. The van der Waals surface area contributed by atoms with Crippen LogP contribution < -0.4 is 25.2 Å². The molecule has 15 heteroatoms. The number of fused-ring (bicyclic) bond motifs is 1. The molecule has 8 rings (SSSR count). The minimum atomic E-state index is -1.02. The van der Waals surface area contributed by atoms with E-state index in [-0.39, 0.29) is 53.0 Å². The molecule has 0 bridgehead atoms. The van der Waals surface area contributed by atoms with Crippen molar-refractivity contribution in [2.75, 3.05) is 49.1 Å². The fourth-order valence-electron chi connectivity index (χ4n) is 9.38. The van der Waals surface area contributed by atoms with Gasteiger partial charge >= 0.3 is 0 Å². The van der Waals surface area contributed by atoms with Crippen molar-refractivity contribution >= 4 is 52.5 Å². The number of carbonyl (C=O) groups is 5. The summed E-state index contributed by atoms with van der Waals surface area (Å²) in [6.07, 6.45) is 1.57. The molecule has 1 saturated carbocycles. The summed E-state index contributed by atoms with van der Waals surface area (Å²) in [5.74, 6) is -1.78. The molecule has 5 amide bonds. The average molecular weight is 779 g/mol. The topological polar surface area (TPSA) is 168 Å². The second-order valence-electron chi connectivity index (χ2n) is 16.5. The minimum absolute atomic E-state index is 0.0311. The van der Waals surface area contributed by atoms with Gasteiger partial charge in [-0.2, -0.15) is 5.26 Å². The Morgan fingerprint density at radius 2 is 1.62 bits per heavy atom. The van der Waals surface area contributed by atoms with Crippen molar-refractivity contribution in [1.29, 1.82) is 5.26 Å². The maximum absolute atomic E-state index is 13.5. The number of anilines is 2. The van der Waals surface area contributed by atoms with Gasteiger partial charge in [0.15, 0.2) is 0 Å². The lowest BCUT2D eigenvalue weighted by Crippen LogP contribution is -2.74. The van der Waals surface area contributed by atoms with E-state index in [1.807, 2.05) is 24.3 Å². The number of hydrogen-bond donors (Lipinski definition) is 2. The number of hydrogen-bond acceptors (Lipinski definition) is 11. The number of piperidine rings is 1. The highest BCUT2D eigenvalue weighted by molar-refractivity contribution is 6.31. The number of pyridine rings is 1. The van der Waals surface area contributed by atoms with Crippen LogP contribution in [0.15, 0.2) is 54.7 Å². The Bertz CT molecular complexity index is 2170. The zero-order valence-corrected chi connectivity index (χ0v) is 32.4. The SMILES string of the molecule is CC1(C)C(NC(=O)c2ccc(N3CCN(C4CN(c5cnc6c(c5)C(=O)N(C5CCC(=O)NC5=O)C6=O)C4)CC3)cc2)C(C)(C)C1Oc1ccc(C#N)c(Cl)c1. The van der Waals surface area contributed by atoms with Crippen LogP contribution in [0.25, 0.3) is 0 Å². The zero-order chi connectivity index (χ0) is 39.7. The van der Waals surface area contributed by atoms with Gasteiger partial charge in [0.05, 0.1) is 28.0 Å². The van der Waals surface area contributed by atoms with Gasteiger partial charge in [-0.25, -0.2) is 4.98 Å². The van der Waals surface area contributed by atoms with Gasteiger partial charge in [-0.15, -0.1) is 0 Å². The Morgan fingerprint density at radius 3 is 2.27 bits per heavy atom. The highest BCUT2D eigenvalue weighted by Gasteiger charge is 2.64. The van der Waals surface area contributed by atoms with E-state index < -0.39 is 29.7 Å². The lowest BCUT2D eigenvalue weighted by atomic mass is 9.49. The van der Waals surface area contributed by atoms with Crippen molar-refractivity contribution < 1.29 is 28.7 Å². The first-order valence-electron chi connectivity index (χ1n) is 18.9. The van der Waals surface area contributed by atoms with Gasteiger partial charge in [-0.1, -0.05) is 39.3 Å². The van der Waals surface area contributed by atoms with Gasteiger partial charge in [0.2, 0.25) is 11.8 Å². The van der Waals surface area contributed by atoms with Gasteiger partial charge in [-0.05, 0) is 48.9 Å². The number of halogens is 1. The highest BCUT2D eigenvalue weighted by Crippen LogP contribution is 2.55. The molecule has 14 nitrogen and oxygen atoms in total. The fourth-order valence-corrected chi connectivity index (χ4v) is 9.60. The first-order chi connectivity index (χ1) is 26.7. The summed E-state index contributed by atoms with van der Waals surface area (Å²) in [5.41, 5.74) is 2.27. The molecule has 5 aliphatic rings. The molecule has 56 heavy (non-hydrogen) atoms. The molecular formula is C41H43ClN8O6. The second-order valence-corrected chi connectivity index (χ2v) is 16.9. The van der Waals surface area contributed by atoms with Crippen molar-refractivity contribution in [2.45, 2.75) is 64.8 Å². The molecule has 290 valence electrons. The summed E-state index contributed by atoms with van der Waals surface area (Å²) in [4.78, 5) is 75.9. The second kappa shape index (κ2) is 13.9. The number of nitrogens with one attached hydrogen (secondary N) is 2. The van der Waals surface area contributed by atoms with E-state index in [9.17, 15) is 29.2 Å².